The maximum atomic E-state index is 9.97. The van der Waals surface area contributed by atoms with E-state index in [9.17, 15) is 5.11 Å². The number of benzene rings is 1. The second-order valence-electron chi connectivity index (χ2n) is 5.60. The minimum Gasteiger partial charge on any atom is -0.387 e. The van der Waals surface area contributed by atoms with Crippen LogP contribution in [0.2, 0.25) is 0 Å². The van der Waals surface area contributed by atoms with Crippen molar-refractivity contribution in [2.45, 2.75) is 32.4 Å². The van der Waals surface area contributed by atoms with Gasteiger partial charge in [-0.25, -0.2) is 0 Å². The molecule has 20 heavy (non-hydrogen) atoms. The fourth-order valence-electron chi connectivity index (χ4n) is 2.45. The summed E-state index contributed by atoms with van der Waals surface area (Å²) in [5.41, 5.74) is 1.61. The molecule has 1 aliphatic heterocycles. The molecule has 0 amide bonds. The van der Waals surface area contributed by atoms with Crippen LogP contribution in [-0.2, 0) is 6.54 Å². The third-order valence-electron chi connectivity index (χ3n) is 3.83. The second-order valence-corrected chi connectivity index (χ2v) is 5.60. The predicted molar refractivity (Wildman–Crippen MR) is 75.0 cm³/mol. The van der Waals surface area contributed by atoms with Crippen LogP contribution in [0.25, 0.3) is 11.5 Å². The minimum absolute atomic E-state index is 0.524. The Morgan fingerprint density at radius 1 is 1.30 bits per heavy atom. The molecule has 0 unspecified atom stereocenters. The van der Waals surface area contributed by atoms with Gasteiger partial charge in [-0.15, -0.1) is 0 Å². The van der Waals surface area contributed by atoms with E-state index in [1.54, 1.807) is 0 Å². The Balaban J connectivity index is 1.64. The minimum atomic E-state index is -0.524. The Morgan fingerprint density at radius 3 is 2.65 bits per heavy atom. The number of β-amino-alcohol motifs (C(OH)–C–C–N with tert-alkyl or cyclic N) is 1. The molecule has 0 radical (unpaired) electrons. The molecule has 1 fully saturated rings. The summed E-state index contributed by atoms with van der Waals surface area (Å²) in [5, 5.41) is 14.0. The molecule has 0 bridgehead atoms. The van der Waals surface area contributed by atoms with Crippen molar-refractivity contribution >= 4 is 0 Å². The Morgan fingerprint density at radius 2 is 2.00 bits per heavy atom. The molecule has 5 nitrogen and oxygen atoms in total. The van der Waals surface area contributed by atoms with Gasteiger partial charge in [0.25, 0.3) is 5.89 Å². The first kappa shape index (κ1) is 13.3. The summed E-state index contributed by atoms with van der Waals surface area (Å²) in [6, 6.07) is 8.00. The van der Waals surface area contributed by atoms with Crippen molar-refractivity contribution in [3.63, 3.8) is 0 Å². The molecule has 2 aromatic rings. The SMILES string of the molecule is CCC1(O)CN(Cc2noc(-c3ccc(C)cc3)n2)C1. The van der Waals surface area contributed by atoms with Crippen LogP contribution < -0.4 is 0 Å². The first-order valence-corrected chi connectivity index (χ1v) is 6.92. The molecular formula is C15H19N3O2. The molecule has 1 aromatic carbocycles. The topological polar surface area (TPSA) is 62.4 Å². The number of hydrogen-bond acceptors (Lipinski definition) is 5. The Hall–Kier alpha value is -1.72. The van der Waals surface area contributed by atoms with E-state index in [0.717, 1.165) is 12.0 Å². The average Bonchev–Trinajstić information content (AvgIpc) is 2.86. The highest BCUT2D eigenvalue weighted by Crippen LogP contribution is 2.25. The van der Waals surface area contributed by atoms with Gasteiger partial charge in [0, 0.05) is 18.7 Å². The van der Waals surface area contributed by atoms with E-state index in [-0.39, 0.29) is 0 Å². The maximum Gasteiger partial charge on any atom is 0.257 e. The molecule has 3 rings (SSSR count). The third-order valence-corrected chi connectivity index (χ3v) is 3.83. The normalized spacial score (nSPS) is 17.9. The average molecular weight is 273 g/mol. The number of aromatic nitrogens is 2. The van der Waals surface area contributed by atoms with Gasteiger partial charge in [-0.05, 0) is 25.5 Å². The highest BCUT2D eigenvalue weighted by molar-refractivity contribution is 5.53. The number of likely N-dealkylation sites (tertiary alicyclic amines) is 1. The van der Waals surface area contributed by atoms with Crippen molar-refractivity contribution in [1.29, 1.82) is 0 Å². The van der Waals surface area contributed by atoms with Crippen molar-refractivity contribution in [2.75, 3.05) is 13.1 Å². The lowest BCUT2D eigenvalue weighted by molar-refractivity contribution is -0.104. The van der Waals surface area contributed by atoms with Gasteiger partial charge in [-0.2, -0.15) is 4.98 Å². The standard InChI is InChI=1S/C15H19N3O2/c1-3-15(19)9-18(10-15)8-13-16-14(20-17-13)12-6-4-11(2)5-7-12/h4-7,19H,3,8-10H2,1-2H3. The number of aliphatic hydroxyl groups is 1. The molecule has 5 heteroatoms. The fraction of sp³-hybridized carbons (Fsp3) is 0.467. The largest absolute Gasteiger partial charge is 0.387 e. The van der Waals surface area contributed by atoms with Crippen LogP contribution in [0, 0.1) is 6.92 Å². The van der Waals surface area contributed by atoms with Gasteiger partial charge in [0.2, 0.25) is 0 Å². The Bertz CT molecular complexity index is 585. The third kappa shape index (κ3) is 2.59. The van der Waals surface area contributed by atoms with Gasteiger partial charge >= 0.3 is 0 Å². The van der Waals surface area contributed by atoms with Crippen molar-refractivity contribution in [3.8, 4) is 11.5 Å². The van der Waals surface area contributed by atoms with E-state index < -0.39 is 5.60 Å². The zero-order valence-electron chi connectivity index (χ0n) is 11.8. The summed E-state index contributed by atoms with van der Waals surface area (Å²) >= 11 is 0. The van der Waals surface area contributed by atoms with E-state index >= 15 is 0 Å². The molecule has 0 spiro atoms. The van der Waals surface area contributed by atoms with Crippen LogP contribution in [0.4, 0.5) is 0 Å². The zero-order chi connectivity index (χ0) is 14.2. The molecule has 1 N–H and O–H groups in total. The monoisotopic (exact) mass is 273 g/mol. The first-order valence-electron chi connectivity index (χ1n) is 6.92. The van der Waals surface area contributed by atoms with Crippen LogP contribution >= 0.6 is 0 Å². The quantitative estimate of drug-likeness (QED) is 0.923. The number of hydrogen-bond donors (Lipinski definition) is 1. The van der Waals surface area contributed by atoms with Crippen LogP contribution in [0.1, 0.15) is 24.7 Å². The van der Waals surface area contributed by atoms with Crippen molar-refractivity contribution in [3.05, 3.63) is 35.7 Å². The molecule has 0 saturated carbocycles. The fourth-order valence-corrected chi connectivity index (χ4v) is 2.45. The summed E-state index contributed by atoms with van der Waals surface area (Å²) in [7, 11) is 0. The van der Waals surface area contributed by atoms with Gasteiger partial charge in [0.15, 0.2) is 5.82 Å². The number of nitrogens with zero attached hydrogens (tertiary/aromatic N) is 3. The van der Waals surface area contributed by atoms with E-state index in [4.69, 9.17) is 4.52 Å². The summed E-state index contributed by atoms with van der Waals surface area (Å²) in [4.78, 5) is 6.52. The van der Waals surface area contributed by atoms with Crippen LogP contribution in [0.5, 0.6) is 0 Å². The highest BCUT2D eigenvalue weighted by Gasteiger charge is 2.39. The molecule has 0 atom stereocenters. The van der Waals surface area contributed by atoms with Gasteiger partial charge in [-0.1, -0.05) is 29.8 Å². The van der Waals surface area contributed by atoms with Gasteiger partial charge in [-0.3, -0.25) is 4.90 Å². The van der Waals surface area contributed by atoms with Crippen molar-refractivity contribution in [2.24, 2.45) is 0 Å². The summed E-state index contributed by atoms with van der Waals surface area (Å²) in [6.45, 7) is 6.02. The molecular weight excluding hydrogens is 254 g/mol. The van der Waals surface area contributed by atoms with Gasteiger partial charge in [0.1, 0.15) is 0 Å². The lowest BCUT2D eigenvalue weighted by Crippen LogP contribution is -2.60. The summed E-state index contributed by atoms with van der Waals surface area (Å²) < 4.78 is 5.29. The zero-order valence-corrected chi connectivity index (χ0v) is 11.8. The van der Waals surface area contributed by atoms with E-state index in [1.807, 2.05) is 38.1 Å². The Labute approximate surface area is 118 Å². The molecule has 1 aromatic heterocycles. The van der Waals surface area contributed by atoms with Crippen LogP contribution in [-0.4, -0.2) is 38.8 Å². The molecule has 1 saturated heterocycles. The molecule has 0 aliphatic carbocycles. The lowest BCUT2D eigenvalue weighted by Gasteiger charge is -2.45. The van der Waals surface area contributed by atoms with Gasteiger partial charge in [0.05, 0.1) is 12.1 Å². The molecule has 106 valence electrons. The maximum absolute atomic E-state index is 9.97. The number of aryl methyl sites for hydroxylation is 1. The van der Waals surface area contributed by atoms with E-state index in [0.29, 0.717) is 31.3 Å². The van der Waals surface area contributed by atoms with Crippen molar-refractivity contribution in [1.82, 2.24) is 15.0 Å². The number of rotatable bonds is 4. The smallest absolute Gasteiger partial charge is 0.257 e. The lowest BCUT2D eigenvalue weighted by atomic mass is 9.91. The van der Waals surface area contributed by atoms with Gasteiger partial charge < -0.3 is 9.63 Å². The van der Waals surface area contributed by atoms with Crippen LogP contribution in [0.15, 0.2) is 28.8 Å². The first-order chi connectivity index (χ1) is 9.58. The highest BCUT2D eigenvalue weighted by atomic mass is 16.5. The second kappa shape index (κ2) is 5.00. The molecule has 1 aliphatic rings. The summed E-state index contributed by atoms with van der Waals surface area (Å²) in [5.74, 6) is 1.21. The van der Waals surface area contributed by atoms with E-state index in [1.165, 1.54) is 5.56 Å². The van der Waals surface area contributed by atoms with E-state index in [2.05, 4.69) is 15.0 Å². The molecule has 2 heterocycles. The van der Waals surface area contributed by atoms with Crippen molar-refractivity contribution < 1.29 is 9.63 Å². The summed E-state index contributed by atoms with van der Waals surface area (Å²) in [6.07, 6.45) is 0.782. The van der Waals surface area contributed by atoms with Crippen LogP contribution in [0.3, 0.4) is 0 Å². The Kier molecular flexibility index (Phi) is 3.31. The predicted octanol–water partition coefficient (Wildman–Crippen LogP) is 2.00.